The molecule has 0 aliphatic carbocycles. The summed E-state index contributed by atoms with van der Waals surface area (Å²) in [7, 11) is 0. The third-order valence-corrected chi connectivity index (χ3v) is 8.18. The van der Waals surface area contributed by atoms with Crippen LogP contribution in [0.4, 0.5) is 8.78 Å². The van der Waals surface area contributed by atoms with Crippen LogP contribution in [0.5, 0.6) is 0 Å². The van der Waals surface area contributed by atoms with E-state index in [9.17, 15) is 13.6 Å². The van der Waals surface area contributed by atoms with E-state index >= 15 is 0 Å². The number of thiocarbonyl (C=S) groups is 1. The van der Waals surface area contributed by atoms with Crippen LogP contribution in [0.1, 0.15) is 22.4 Å². The Hall–Kier alpha value is -3.66. The highest BCUT2D eigenvalue weighted by molar-refractivity contribution is 8.22. The molecule has 1 aromatic heterocycles. The second kappa shape index (κ2) is 12.7. The molecule has 3 aromatic carbocycles. The molecule has 0 unspecified atom stereocenters. The highest BCUT2D eigenvalue weighted by Gasteiger charge is 2.28. The number of halogens is 3. The van der Waals surface area contributed by atoms with Crippen molar-refractivity contribution in [2.24, 2.45) is 0 Å². The Morgan fingerprint density at radius 3 is 2.10 bits per heavy atom. The number of hydrogen-bond donors (Lipinski definition) is 0. The van der Waals surface area contributed by atoms with Gasteiger partial charge in [0.15, 0.2) is 5.78 Å². The van der Waals surface area contributed by atoms with Crippen molar-refractivity contribution in [2.75, 3.05) is 13.1 Å². The minimum absolute atomic E-state index is 0.201. The van der Waals surface area contributed by atoms with Crippen LogP contribution in [0.2, 0.25) is 5.02 Å². The highest BCUT2D eigenvalue weighted by atomic mass is 35.5. The summed E-state index contributed by atoms with van der Waals surface area (Å²) in [5.41, 5.74) is 3.00. The number of carbonyl (C=O) groups excluding carboxylic acids is 1. The van der Waals surface area contributed by atoms with Crippen molar-refractivity contribution < 1.29 is 13.6 Å². The highest BCUT2D eigenvalue weighted by Crippen LogP contribution is 2.27. The van der Waals surface area contributed by atoms with E-state index in [1.54, 1.807) is 41.1 Å². The Bertz CT molecular complexity index is 1570. The molecule has 4 aromatic rings. The maximum absolute atomic E-state index is 14.4. The topological polar surface area (TPSA) is 51.0 Å². The molecule has 1 fully saturated rings. The molecule has 0 atom stereocenters. The normalized spacial score (nSPS) is 15.7. The van der Waals surface area contributed by atoms with Crippen molar-refractivity contribution in [2.45, 2.75) is 12.3 Å². The number of rotatable bonds is 6. The van der Waals surface area contributed by atoms with Crippen molar-refractivity contribution in [3.8, 4) is 0 Å². The quantitative estimate of drug-likeness (QED) is 0.181. The van der Waals surface area contributed by atoms with E-state index < -0.39 is 11.6 Å². The molecular weight excluding hydrogens is 570 g/mol. The third kappa shape index (κ3) is 6.72. The molecule has 5 rings (SSSR count). The minimum atomic E-state index is -0.434. The molecule has 202 valence electrons. The van der Waals surface area contributed by atoms with Gasteiger partial charge >= 0.3 is 0 Å². The number of carbonyl (C=O) groups is 1. The number of Topliss-reactive ketones (excluding diaryl/α,β-unsaturated/α-hetero) is 1. The molecule has 0 spiro atoms. The lowest BCUT2D eigenvalue weighted by atomic mass is 9.94. The molecule has 0 radical (unpaired) electrons. The van der Waals surface area contributed by atoms with Crippen LogP contribution in [0.15, 0.2) is 90.1 Å². The van der Waals surface area contributed by atoms with E-state index in [1.807, 2.05) is 35.4 Å². The van der Waals surface area contributed by atoms with Crippen LogP contribution in [-0.2, 0) is 17.1 Å². The van der Waals surface area contributed by atoms with Gasteiger partial charge in [0.25, 0.3) is 0 Å². The van der Waals surface area contributed by atoms with E-state index in [1.165, 1.54) is 36.0 Å². The molecule has 1 aliphatic heterocycles. The van der Waals surface area contributed by atoms with E-state index in [0.717, 1.165) is 11.3 Å². The number of benzene rings is 3. The van der Waals surface area contributed by atoms with E-state index in [-0.39, 0.29) is 18.9 Å². The number of ketones is 1. The molecule has 0 N–H and O–H groups in total. The number of piperidine rings is 1. The van der Waals surface area contributed by atoms with Crippen LogP contribution in [0, 0.1) is 11.6 Å². The Morgan fingerprint density at radius 2 is 1.50 bits per heavy atom. The zero-order valence-corrected chi connectivity index (χ0v) is 23.5. The van der Waals surface area contributed by atoms with E-state index in [0.29, 0.717) is 43.9 Å². The second-order valence-electron chi connectivity index (χ2n) is 9.12. The van der Waals surface area contributed by atoms with Crippen LogP contribution in [0.25, 0.3) is 12.2 Å². The van der Waals surface area contributed by atoms with Gasteiger partial charge in [-0.05, 0) is 35.9 Å². The second-order valence-corrected chi connectivity index (χ2v) is 11.1. The summed E-state index contributed by atoms with van der Waals surface area (Å²) in [6, 6.07) is 20.0. The summed E-state index contributed by atoms with van der Waals surface area (Å²) < 4.78 is 31.1. The predicted octanol–water partition coefficient (Wildman–Crippen LogP) is 6.83. The van der Waals surface area contributed by atoms with Crippen molar-refractivity contribution in [1.82, 2.24) is 19.9 Å². The smallest absolute Gasteiger partial charge is 0.188 e. The Morgan fingerprint density at radius 1 is 0.925 bits per heavy atom. The van der Waals surface area contributed by atoms with Crippen LogP contribution in [0.3, 0.4) is 0 Å². The lowest BCUT2D eigenvalue weighted by Crippen LogP contribution is -2.39. The Balaban J connectivity index is 1.34. The summed E-state index contributed by atoms with van der Waals surface area (Å²) in [5.74, 6) is -0.671. The number of likely N-dealkylation sites (tertiary alicyclic amines) is 1. The standard InChI is InChI=1S/C30H23ClF2N4OS2/c31-26-10-4-1-9-22(26)17-37-18-25(34-35-37)19-40-30(39)36-15-23(13-20-7-2-5-11-27(20)32)29(38)24(16-36)14-21-8-3-6-12-28(21)33/h1-14,18H,15-17,19H2/b23-13+,24-14+. The zero-order chi connectivity index (χ0) is 28.1. The number of nitrogens with zero attached hydrogens (tertiary/aromatic N) is 4. The molecule has 10 heteroatoms. The molecule has 5 nitrogen and oxygen atoms in total. The van der Waals surface area contributed by atoms with Gasteiger partial charge in [-0.25, -0.2) is 13.5 Å². The minimum Gasteiger partial charge on any atom is -0.349 e. The van der Waals surface area contributed by atoms with Gasteiger partial charge in [0.1, 0.15) is 16.0 Å². The largest absolute Gasteiger partial charge is 0.349 e. The first-order chi connectivity index (χ1) is 19.4. The molecule has 2 heterocycles. The summed E-state index contributed by atoms with van der Waals surface area (Å²) in [6.07, 6.45) is 4.91. The molecular formula is C30H23ClF2N4OS2. The van der Waals surface area contributed by atoms with E-state index in [4.69, 9.17) is 23.8 Å². The summed E-state index contributed by atoms with van der Waals surface area (Å²) >= 11 is 13.4. The summed E-state index contributed by atoms with van der Waals surface area (Å²) in [6.45, 7) is 0.893. The molecule has 0 amide bonds. The lowest BCUT2D eigenvalue weighted by molar-refractivity contribution is -0.113. The average molecular weight is 593 g/mol. The number of thioether (sulfide) groups is 1. The fourth-order valence-corrected chi connectivity index (χ4v) is 5.45. The third-order valence-electron chi connectivity index (χ3n) is 6.25. The van der Waals surface area contributed by atoms with Crippen molar-refractivity contribution in [3.63, 3.8) is 0 Å². The molecule has 0 bridgehead atoms. The van der Waals surface area contributed by atoms with Crippen molar-refractivity contribution in [3.05, 3.63) is 129 Å². The molecule has 0 saturated carbocycles. The van der Waals surface area contributed by atoms with Crippen LogP contribution >= 0.6 is 35.6 Å². The monoisotopic (exact) mass is 592 g/mol. The fraction of sp³-hybridized carbons (Fsp3) is 0.133. The zero-order valence-electron chi connectivity index (χ0n) is 21.1. The van der Waals surface area contributed by atoms with Crippen molar-refractivity contribution in [1.29, 1.82) is 0 Å². The summed E-state index contributed by atoms with van der Waals surface area (Å²) in [5, 5.41) is 9.09. The molecule has 1 aliphatic rings. The van der Waals surface area contributed by atoms with Gasteiger partial charge in [0.2, 0.25) is 0 Å². The van der Waals surface area contributed by atoms with Gasteiger partial charge in [0, 0.05) is 52.3 Å². The van der Waals surface area contributed by atoms with Gasteiger partial charge in [-0.3, -0.25) is 4.79 Å². The maximum Gasteiger partial charge on any atom is 0.188 e. The number of hydrogen-bond acceptors (Lipinski definition) is 5. The van der Waals surface area contributed by atoms with Gasteiger partial charge in [-0.15, -0.1) is 5.10 Å². The predicted molar refractivity (Wildman–Crippen MR) is 160 cm³/mol. The van der Waals surface area contributed by atoms with Gasteiger partial charge < -0.3 is 4.90 Å². The van der Waals surface area contributed by atoms with Crippen LogP contribution < -0.4 is 0 Å². The fourth-order valence-electron chi connectivity index (χ4n) is 4.24. The Kier molecular flexibility index (Phi) is 8.84. The molecule has 40 heavy (non-hydrogen) atoms. The van der Waals surface area contributed by atoms with E-state index in [2.05, 4.69) is 10.3 Å². The lowest BCUT2D eigenvalue weighted by Gasteiger charge is -2.31. The average Bonchev–Trinajstić information content (AvgIpc) is 3.40. The Labute approximate surface area is 245 Å². The van der Waals surface area contributed by atoms with Crippen molar-refractivity contribution >= 4 is 57.8 Å². The molecule has 1 saturated heterocycles. The maximum atomic E-state index is 14.4. The first-order valence-corrected chi connectivity index (χ1v) is 14.1. The first-order valence-electron chi connectivity index (χ1n) is 12.4. The van der Waals surface area contributed by atoms with Gasteiger partial charge in [-0.1, -0.05) is 95.4 Å². The van der Waals surface area contributed by atoms with Gasteiger partial charge in [0.05, 0.1) is 12.2 Å². The SMILES string of the molecule is O=C1/C(=C/c2ccccc2F)CN(C(=S)SCc2cn(Cc3ccccc3Cl)nn2)C/C1=C\c1ccccc1F. The first kappa shape index (κ1) is 27.9. The van der Waals surface area contributed by atoms with Gasteiger partial charge in [-0.2, -0.15) is 0 Å². The number of aromatic nitrogens is 3. The summed E-state index contributed by atoms with van der Waals surface area (Å²) in [4.78, 5) is 15.2. The van der Waals surface area contributed by atoms with Crippen LogP contribution in [-0.4, -0.2) is 43.1 Å².